The van der Waals surface area contributed by atoms with Crippen molar-refractivity contribution in [3.63, 3.8) is 0 Å². The average molecular weight is 266 g/mol. The summed E-state index contributed by atoms with van der Waals surface area (Å²) in [6.07, 6.45) is 25.4. The van der Waals surface area contributed by atoms with Gasteiger partial charge in [-0.1, -0.05) is 96.1 Å². The predicted octanol–water partition coefficient (Wildman–Crippen LogP) is 7.25. The van der Waals surface area contributed by atoms with Crippen LogP contribution in [0.3, 0.4) is 0 Å². The van der Waals surface area contributed by atoms with E-state index in [1.165, 1.54) is 89.9 Å². The molecule has 0 bridgehead atoms. The summed E-state index contributed by atoms with van der Waals surface area (Å²) in [5.41, 5.74) is 0. The highest BCUT2D eigenvalue weighted by molar-refractivity contribution is 4.81. The monoisotopic (exact) mass is 265 g/mol. The third kappa shape index (κ3) is 17.7. The first-order valence-electron chi connectivity index (χ1n) is 8.86. The fourth-order valence-electron chi connectivity index (χ4n) is 2.52. The molecule has 0 heterocycles. The van der Waals surface area contributed by atoms with E-state index in [-0.39, 0.29) is 0 Å². The molecule has 0 aromatic rings. The van der Waals surface area contributed by atoms with E-state index in [0.717, 1.165) is 6.42 Å². The molecule has 0 aliphatic heterocycles. The lowest BCUT2D eigenvalue weighted by Gasteiger charge is -2.02. The number of hydrogen-bond acceptors (Lipinski definition) is 0. The molecule has 0 fully saturated rings. The van der Waals surface area contributed by atoms with Crippen molar-refractivity contribution in [2.45, 2.75) is 103 Å². The van der Waals surface area contributed by atoms with Crippen molar-refractivity contribution in [2.75, 3.05) is 0 Å². The van der Waals surface area contributed by atoms with Crippen LogP contribution in [0.25, 0.3) is 0 Å². The highest BCUT2D eigenvalue weighted by atomic mass is 14.0. The first-order chi connectivity index (χ1) is 9.41. The molecule has 0 heteroatoms. The Kier molecular flexibility index (Phi) is 17.5. The van der Waals surface area contributed by atoms with E-state index in [1.54, 1.807) is 0 Å². The Morgan fingerprint density at radius 1 is 0.579 bits per heavy atom. The summed E-state index contributed by atoms with van der Waals surface area (Å²) in [6, 6.07) is 0. The second-order valence-corrected chi connectivity index (χ2v) is 5.79. The van der Waals surface area contributed by atoms with E-state index in [2.05, 4.69) is 26.0 Å². The van der Waals surface area contributed by atoms with Crippen molar-refractivity contribution in [1.29, 1.82) is 0 Å². The van der Waals surface area contributed by atoms with Crippen LogP contribution in [-0.4, -0.2) is 0 Å². The summed E-state index contributed by atoms with van der Waals surface area (Å²) >= 11 is 0. The van der Waals surface area contributed by atoms with Gasteiger partial charge in [-0.15, -0.1) is 0 Å². The second-order valence-electron chi connectivity index (χ2n) is 5.79. The Morgan fingerprint density at radius 2 is 1.00 bits per heavy atom. The van der Waals surface area contributed by atoms with Gasteiger partial charge in [0.1, 0.15) is 0 Å². The van der Waals surface area contributed by atoms with E-state index in [0.29, 0.717) is 0 Å². The predicted molar refractivity (Wildman–Crippen MR) is 89.4 cm³/mol. The molecule has 0 N–H and O–H groups in total. The van der Waals surface area contributed by atoms with Gasteiger partial charge in [0, 0.05) is 0 Å². The highest BCUT2D eigenvalue weighted by Crippen LogP contribution is 2.12. The third-order valence-corrected chi connectivity index (χ3v) is 3.81. The van der Waals surface area contributed by atoms with Gasteiger partial charge < -0.3 is 0 Å². The SMILES string of the molecule is [CH2]CC=CCCCCCCCCCCCCCCC. The summed E-state index contributed by atoms with van der Waals surface area (Å²) in [6.45, 7) is 6.09. The topological polar surface area (TPSA) is 0 Å². The normalized spacial score (nSPS) is 11.5. The molecule has 0 unspecified atom stereocenters. The minimum Gasteiger partial charge on any atom is -0.0885 e. The fraction of sp³-hybridized carbons (Fsp3) is 0.842. The smallest absolute Gasteiger partial charge is 0.0351 e. The van der Waals surface area contributed by atoms with Crippen LogP contribution in [0.15, 0.2) is 12.2 Å². The minimum atomic E-state index is 0.943. The van der Waals surface area contributed by atoms with Gasteiger partial charge in [-0.3, -0.25) is 0 Å². The van der Waals surface area contributed by atoms with Crippen molar-refractivity contribution in [1.82, 2.24) is 0 Å². The van der Waals surface area contributed by atoms with Crippen LogP contribution in [0.4, 0.5) is 0 Å². The summed E-state index contributed by atoms with van der Waals surface area (Å²) in [5, 5.41) is 0. The molecule has 0 aromatic heterocycles. The lowest BCUT2D eigenvalue weighted by molar-refractivity contribution is 0.540. The van der Waals surface area contributed by atoms with Crippen LogP contribution in [0, 0.1) is 6.92 Å². The fourth-order valence-corrected chi connectivity index (χ4v) is 2.52. The zero-order valence-electron chi connectivity index (χ0n) is 13.5. The standard InChI is InChI=1S/C19H37/c1-3-5-7-9-11-13-15-17-19-18-16-14-12-10-8-6-4-2/h5,7H,1,3-4,6,8-19H2,2H3. The van der Waals surface area contributed by atoms with Crippen molar-refractivity contribution >= 4 is 0 Å². The molecule has 0 rings (SSSR count). The summed E-state index contributed by atoms with van der Waals surface area (Å²) < 4.78 is 0. The zero-order valence-corrected chi connectivity index (χ0v) is 13.5. The van der Waals surface area contributed by atoms with Gasteiger partial charge in [-0.25, -0.2) is 0 Å². The van der Waals surface area contributed by atoms with Gasteiger partial charge in [0.2, 0.25) is 0 Å². The Balaban J connectivity index is 2.93. The Hall–Kier alpha value is -0.260. The largest absolute Gasteiger partial charge is 0.0885 e. The molecule has 0 spiro atoms. The molecule has 0 aromatic carbocycles. The summed E-state index contributed by atoms with van der Waals surface area (Å²) in [7, 11) is 0. The van der Waals surface area contributed by atoms with E-state index in [1.807, 2.05) is 0 Å². The Bertz CT molecular complexity index is 169. The van der Waals surface area contributed by atoms with Crippen LogP contribution < -0.4 is 0 Å². The third-order valence-electron chi connectivity index (χ3n) is 3.81. The molecule has 0 saturated carbocycles. The van der Waals surface area contributed by atoms with E-state index >= 15 is 0 Å². The van der Waals surface area contributed by atoms with Gasteiger partial charge in [-0.05, 0) is 26.2 Å². The zero-order chi connectivity index (χ0) is 14.0. The van der Waals surface area contributed by atoms with Crippen molar-refractivity contribution in [3.05, 3.63) is 19.1 Å². The summed E-state index contributed by atoms with van der Waals surface area (Å²) in [5.74, 6) is 0. The lowest BCUT2D eigenvalue weighted by atomic mass is 10.0. The molecule has 0 nitrogen and oxygen atoms in total. The maximum Gasteiger partial charge on any atom is -0.0351 e. The number of hydrogen-bond donors (Lipinski definition) is 0. The van der Waals surface area contributed by atoms with Crippen molar-refractivity contribution in [3.8, 4) is 0 Å². The van der Waals surface area contributed by atoms with Crippen molar-refractivity contribution < 1.29 is 0 Å². The Labute approximate surface area is 123 Å². The molecule has 0 atom stereocenters. The van der Waals surface area contributed by atoms with Gasteiger partial charge in [-0.2, -0.15) is 0 Å². The number of unbranched alkanes of at least 4 members (excludes halogenated alkanes) is 13. The van der Waals surface area contributed by atoms with E-state index < -0.39 is 0 Å². The van der Waals surface area contributed by atoms with Crippen LogP contribution in [0.1, 0.15) is 103 Å². The van der Waals surface area contributed by atoms with Gasteiger partial charge in [0.25, 0.3) is 0 Å². The van der Waals surface area contributed by atoms with Gasteiger partial charge in [0.05, 0.1) is 0 Å². The van der Waals surface area contributed by atoms with Crippen LogP contribution in [0.2, 0.25) is 0 Å². The molecule has 0 amide bonds. The molecule has 0 aliphatic carbocycles. The van der Waals surface area contributed by atoms with Gasteiger partial charge in [0.15, 0.2) is 0 Å². The number of rotatable bonds is 15. The quantitative estimate of drug-likeness (QED) is 0.216. The molecule has 0 aliphatic rings. The van der Waals surface area contributed by atoms with E-state index in [4.69, 9.17) is 0 Å². The molecular formula is C19H37. The molecule has 113 valence electrons. The Morgan fingerprint density at radius 3 is 1.42 bits per heavy atom. The van der Waals surface area contributed by atoms with Gasteiger partial charge >= 0.3 is 0 Å². The lowest BCUT2D eigenvalue weighted by Crippen LogP contribution is -1.82. The van der Waals surface area contributed by atoms with Crippen molar-refractivity contribution in [2.24, 2.45) is 0 Å². The molecule has 0 saturated heterocycles. The van der Waals surface area contributed by atoms with Crippen LogP contribution in [-0.2, 0) is 0 Å². The van der Waals surface area contributed by atoms with Crippen LogP contribution in [0.5, 0.6) is 0 Å². The highest BCUT2D eigenvalue weighted by Gasteiger charge is 1.93. The first kappa shape index (κ1) is 18.7. The first-order valence-corrected chi connectivity index (χ1v) is 8.86. The molecule has 1 radical (unpaired) electrons. The van der Waals surface area contributed by atoms with Crippen LogP contribution >= 0.6 is 0 Å². The number of allylic oxidation sites excluding steroid dienone is 2. The average Bonchev–Trinajstić information content (AvgIpc) is 2.43. The maximum absolute atomic E-state index is 3.80. The summed E-state index contributed by atoms with van der Waals surface area (Å²) in [4.78, 5) is 0. The maximum atomic E-state index is 3.80. The minimum absolute atomic E-state index is 0.943. The second kappa shape index (κ2) is 17.7. The molecular weight excluding hydrogens is 228 g/mol. The van der Waals surface area contributed by atoms with E-state index in [9.17, 15) is 0 Å². The molecule has 19 heavy (non-hydrogen) atoms.